The van der Waals surface area contributed by atoms with Crippen molar-refractivity contribution in [3.8, 4) is 11.5 Å². The van der Waals surface area contributed by atoms with E-state index in [4.69, 9.17) is 16.3 Å². The predicted octanol–water partition coefficient (Wildman–Crippen LogP) is 4.61. The van der Waals surface area contributed by atoms with E-state index in [0.29, 0.717) is 17.3 Å². The molecule has 0 aliphatic carbocycles. The Hall–Kier alpha value is -1.58. The lowest BCUT2D eigenvalue weighted by Gasteiger charge is -2.15. The molecule has 4 heteroatoms. The lowest BCUT2D eigenvalue weighted by molar-refractivity contribution is 0.464. The van der Waals surface area contributed by atoms with Gasteiger partial charge in [-0.05, 0) is 62.4 Å². The first kappa shape index (κ1) is 14.8. The second-order valence-electron chi connectivity index (χ2n) is 4.75. The van der Waals surface area contributed by atoms with Gasteiger partial charge in [0.05, 0.1) is 0 Å². The zero-order valence-electron chi connectivity index (χ0n) is 11.8. The lowest BCUT2D eigenvalue weighted by atomic mass is 10.1. The third kappa shape index (κ3) is 3.30. The SMILES string of the molecule is CNCc1cc(F)ccc1Oc1c(C)cc(Cl)cc1C. The van der Waals surface area contributed by atoms with E-state index in [1.54, 1.807) is 6.07 Å². The van der Waals surface area contributed by atoms with Gasteiger partial charge in [0.2, 0.25) is 0 Å². The molecule has 0 unspecified atom stereocenters. The molecule has 0 amide bonds. The molecule has 1 N–H and O–H groups in total. The van der Waals surface area contributed by atoms with E-state index in [2.05, 4.69) is 5.32 Å². The Bertz CT molecular complexity index is 605. The molecule has 2 nitrogen and oxygen atoms in total. The number of rotatable bonds is 4. The van der Waals surface area contributed by atoms with Crippen molar-refractivity contribution in [2.45, 2.75) is 20.4 Å². The highest BCUT2D eigenvalue weighted by Gasteiger charge is 2.11. The molecule has 2 rings (SSSR count). The standard InChI is InChI=1S/C16H17ClFNO/c1-10-6-13(17)7-11(2)16(10)20-15-5-4-14(18)8-12(15)9-19-3/h4-8,19H,9H2,1-3H3. The van der Waals surface area contributed by atoms with E-state index in [1.165, 1.54) is 12.1 Å². The molecule has 0 radical (unpaired) electrons. The number of benzene rings is 2. The van der Waals surface area contributed by atoms with Crippen molar-refractivity contribution in [2.24, 2.45) is 0 Å². The molecule has 2 aromatic carbocycles. The molecule has 2 aromatic rings. The Balaban J connectivity index is 2.40. The van der Waals surface area contributed by atoms with E-state index >= 15 is 0 Å². The smallest absolute Gasteiger partial charge is 0.133 e. The highest BCUT2D eigenvalue weighted by atomic mass is 35.5. The van der Waals surface area contributed by atoms with Gasteiger partial charge in [0.15, 0.2) is 0 Å². The summed E-state index contributed by atoms with van der Waals surface area (Å²) in [6, 6.07) is 8.23. The quantitative estimate of drug-likeness (QED) is 0.889. The van der Waals surface area contributed by atoms with E-state index < -0.39 is 0 Å². The van der Waals surface area contributed by atoms with E-state index in [0.717, 1.165) is 22.4 Å². The monoisotopic (exact) mass is 293 g/mol. The average molecular weight is 294 g/mol. The second-order valence-corrected chi connectivity index (χ2v) is 5.19. The van der Waals surface area contributed by atoms with Gasteiger partial charge in [0.1, 0.15) is 17.3 Å². The summed E-state index contributed by atoms with van der Waals surface area (Å²) >= 11 is 6.01. The maximum atomic E-state index is 13.3. The van der Waals surface area contributed by atoms with Gasteiger partial charge in [-0.3, -0.25) is 0 Å². The fraction of sp³-hybridized carbons (Fsp3) is 0.250. The summed E-state index contributed by atoms with van der Waals surface area (Å²) in [5.74, 6) is 1.14. The second kappa shape index (κ2) is 6.25. The normalized spacial score (nSPS) is 10.7. The first-order valence-electron chi connectivity index (χ1n) is 6.39. The van der Waals surface area contributed by atoms with Gasteiger partial charge in [-0.1, -0.05) is 11.6 Å². The van der Waals surface area contributed by atoms with Crippen LogP contribution in [0.5, 0.6) is 11.5 Å². The van der Waals surface area contributed by atoms with Crippen LogP contribution in [0.2, 0.25) is 5.02 Å². The number of halogens is 2. The molecule has 0 bridgehead atoms. The van der Waals surface area contributed by atoms with Crippen LogP contribution in [-0.2, 0) is 6.54 Å². The molecule has 0 aliphatic rings. The van der Waals surface area contributed by atoms with Crippen LogP contribution in [0.15, 0.2) is 30.3 Å². The fourth-order valence-corrected chi connectivity index (χ4v) is 2.47. The van der Waals surface area contributed by atoms with Crippen molar-refractivity contribution in [3.63, 3.8) is 0 Å². The van der Waals surface area contributed by atoms with Crippen molar-refractivity contribution in [1.82, 2.24) is 5.32 Å². The minimum atomic E-state index is -0.271. The number of nitrogens with one attached hydrogen (secondary N) is 1. The van der Waals surface area contributed by atoms with Crippen molar-refractivity contribution in [1.29, 1.82) is 0 Å². The highest BCUT2D eigenvalue weighted by Crippen LogP contribution is 2.33. The zero-order valence-corrected chi connectivity index (χ0v) is 12.5. The van der Waals surface area contributed by atoms with Crippen LogP contribution in [0, 0.1) is 19.7 Å². The number of hydrogen-bond donors (Lipinski definition) is 1. The van der Waals surface area contributed by atoms with Gasteiger partial charge >= 0.3 is 0 Å². The van der Waals surface area contributed by atoms with Crippen molar-refractivity contribution < 1.29 is 9.13 Å². The van der Waals surface area contributed by atoms with Crippen LogP contribution < -0.4 is 10.1 Å². The Morgan fingerprint density at radius 2 is 1.80 bits per heavy atom. The van der Waals surface area contributed by atoms with E-state index in [9.17, 15) is 4.39 Å². The van der Waals surface area contributed by atoms with Crippen LogP contribution in [-0.4, -0.2) is 7.05 Å². The number of ether oxygens (including phenoxy) is 1. The molecule has 0 spiro atoms. The molecule has 0 saturated heterocycles. The van der Waals surface area contributed by atoms with Gasteiger partial charge in [-0.25, -0.2) is 4.39 Å². The van der Waals surface area contributed by atoms with Crippen LogP contribution in [0.1, 0.15) is 16.7 Å². The molecule has 0 saturated carbocycles. The summed E-state index contributed by atoms with van der Waals surface area (Å²) in [5.41, 5.74) is 2.69. The van der Waals surface area contributed by atoms with Crippen molar-refractivity contribution >= 4 is 11.6 Å². The Morgan fingerprint density at radius 1 is 1.15 bits per heavy atom. The van der Waals surface area contributed by atoms with Crippen molar-refractivity contribution in [3.05, 3.63) is 57.9 Å². The molecular weight excluding hydrogens is 277 g/mol. The van der Waals surface area contributed by atoms with Gasteiger partial charge in [-0.2, -0.15) is 0 Å². The topological polar surface area (TPSA) is 21.3 Å². The summed E-state index contributed by atoms with van der Waals surface area (Å²) in [7, 11) is 1.81. The third-order valence-electron chi connectivity index (χ3n) is 3.03. The molecule has 0 aromatic heterocycles. The molecular formula is C16H17ClFNO. The summed E-state index contributed by atoms with van der Waals surface area (Å²) in [6.45, 7) is 4.42. The fourth-order valence-electron chi connectivity index (χ4n) is 2.14. The minimum absolute atomic E-state index is 0.271. The van der Waals surface area contributed by atoms with E-state index in [1.807, 2.05) is 33.0 Å². The van der Waals surface area contributed by atoms with Crippen LogP contribution in [0.25, 0.3) is 0 Å². The van der Waals surface area contributed by atoms with Gasteiger partial charge < -0.3 is 10.1 Å². The predicted molar refractivity (Wildman–Crippen MR) is 80.2 cm³/mol. The molecule has 0 atom stereocenters. The third-order valence-corrected chi connectivity index (χ3v) is 3.25. The van der Waals surface area contributed by atoms with Crippen LogP contribution in [0.4, 0.5) is 4.39 Å². The van der Waals surface area contributed by atoms with Gasteiger partial charge in [0.25, 0.3) is 0 Å². The molecule has 106 valence electrons. The Kier molecular flexibility index (Phi) is 4.63. The number of hydrogen-bond acceptors (Lipinski definition) is 2. The Morgan fingerprint density at radius 3 is 2.40 bits per heavy atom. The average Bonchev–Trinajstić information content (AvgIpc) is 2.36. The molecule has 0 aliphatic heterocycles. The first-order chi connectivity index (χ1) is 9.51. The maximum Gasteiger partial charge on any atom is 0.133 e. The highest BCUT2D eigenvalue weighted by molar-refractivity contribution is 6.30. The lowest BCUT2D eigenvalue weighted by Crippen LogP contribution is -2.07. The van der Waals surface area contributed by atoms with Crippen LogP contribution in [0.3, 0.4) is 0 Å². The summed E-state index contributed by atoms with van der Waals surface area (Å²) < 4.78 is 19.3. The molecule has 0 heterocycles. The van der Waals surface area contributed by atoms with E-state index in [-0.39, 0.29) is 5.82 Å². The van der Waals surface area contributed by atoms with Crippen LogP contribution >= 0.6 is 11.6 Å². The molecule has 0 fully saturated rings. The van der Waals surface area contributed by atoms with Gasteiger partial charge in [-0.15, -0.1) is 0 Å². The first-order valence-corrected chi connectivity index (χ1v) is 6.76. The minimum Gasteiger partial charge on any atom is -0.456 e. The summed E-state index contributed by atoms with van der Waals surface area (Å²) in [6.07, 6.45) is 0. The number of aryl methyl sites for hydroxylation is 2. The Labute approximate surface area is 123 Å². The zero-order chi connectivity index (χ0) is 14.7. The maximum absolute atomic E-state index is 13.3. The largest absolute Gasteiger partial charge is 0.456 e. The van der Waals surface area contributed by atoms with Crippen molar-refractivity contribution in [2.75, 3.05) is 7.05 Å². The summed E-state index contributed by atoms with van der Waals surface area (Å²) in [5, 5.41) is 3.69. The summed E-state index contributed by atoms with van der Waals surface area (Å²) in [4.78, 5) is 0. The van der Waals surface area contributed by atoms with Gasteiger partial charge in [0, 0.05) is 17.1 Å². The molecule has 20 heavy (non-hydrogen) atoms.